The highest BCUT2D eigenvalue weighted by molar-refractivity contribution is 7.99. The number of nitrogens with zero attached hydrogens (tertiary/aromatic N) is 3. The van der Waals surface area contributed by atoms with Gasteiger partial charge in [0.25, 0.3) is 0 Å². The molecule has 6 nitrogen and oxygen atoms in total. The number of rotatable bonds is 9. The summed E-state index contributed by atoms with van der Waals surface area (Å²) in [7, 11) is 0. The number of benzene rings is 2. The van der Waals surface area contributed by atoms with Crippen molar-refractivity contribution >= 4 is 29.1 Å². The molecule has 0 bridgehead atoms. The topological polar surface area (TPSA) is 76.9 Å². The number of thioether (sulfide) groups is 1. The van der Waals surface area contributed by atoms with Crippen LogP contribution in [-0.2, 0) is 11.3 Å². The zero-order valence-electron chi connectivity index (χ0n) is 16.9. The number of carbonyl (C=O) groups excluding carboxylic acids is 2. The third kappa shape index (κ3) is 5.16. The first kappa shape index (κ1) is 20.3. The molecule has 1 amide bonds. The van der Waals surface area contributed by atoms with Crippen molar-refractivity contribution < 1.29 is 9.59 Å². The average molecular weight is 421 g/mol. The molecular weight excluding hydrogens is 396 g/mol. The molecule has 0 atom stereocenters. The lowest BCUT2D eigenvalue weighted by Gasteiger charge is -2.10. The third-order valence-electron chi connectivity index (χ3n) is 5.01. The number of amides is 1. The van der Waals surface area contributed by atoms with Crippen LogP contribution >= 0.6 is 11.8 Å². The molecule has 1 aliphatic carbocycles. The van der Waals surface area contributed by atoms with Gasteiger partial charge in [0.15, 0.2) is 10.9 Å². The molecule has 4 rings (SSSR count). The largest absolute Gasteiger partial charge is 0.326 e. The number of ketones is 1. The minimum atomic E-state index is -0.0605. The van der Waals surface area contributed by atoms with Gasteiger partial charge >= 0.3 is 0 Å². The summed E-state index contributed by atoms with van der Waals surface area (Å²) in [6.07, 6.45) is 2.71. The van der Waals surface area contributed by atoms with Crippen LogP contribution in [0.15, 0.2) is 59.8 Å². The maximum Gasteiger partial charge on any atom is 0.225 e. The Morgan fingerprint density at radius 1 is 1.07 bits per heavy atom. The summed E-state index contributed by atoms with van der Waals surface area (Å²) in [5.41, 5.74) is 2.54. The van der Waals surface area contributed by atoms with Crippen LogP contribution in [0.1, 0.15) is 53.8 Å². The summed E-state index contributed by atoms with van der Waals surface area (Å²) in [4.78, 5) is 23.6. The zero-order chi connectivity index (χ0) is 20.9. The summed E-state index contributed by atoms with van der Waals surface area (Å²) in [6, 6.07) is 17.2. The van der Waals surface area contributed by atoms with E-state index in [9.17, 15) is 9.59 Å². The Hall–Kier alpha value is -2.93. The molecule has 0 spiro atoms. The monoisotopic (exact) mass is 420 g/mol. The molecule has 0 saturated heterocycles. The molecule has 1 heterocycles. The van der Waals surface area contributed by atoms with Gasteiger partial charge in [0.2, 0.25) is 5.91 Å². The predicted molar refractivity (Wildman–Crippen MR) is 118 cm³/mol. The minimum Gasteiger partial charge on any atom is -0.326 e. The second kappa shape index (κ2) is 9.26. The summed E-state index contributed by atoms with van der Waals surface area (Å²) < 4.78 is 2.19. The van der Waals surface area contributed by atoms with E-state index in [0.29, 0.717) is 29.3 Å². The van der Waals surface area contributed by atoms with Gasteiger partial charge in [-0.05, 0) is 49.6 Å². The fraction of sp³-hybridized carbons (Fsp3) is 0.304. The Labute approximate surface area is 180 Å². The van der Waals surface area contributed by atoms with Crippen molar-refractivity contribution in [3.05, 3.63) is 71.5 Å². The molecule has 0 radical (unpaired) electrons. The normalized spacial score (nSPS) is 13.2. The molecule has 1 aromatic heterocycles. The van der Waals surface area contributed by atoms with E-state index >= 15 is 0 Å². The predicted octanol–water partition coefficient (Wildman–Crippen LogP) is 4.53. The molecule has 0 unspecified atom stereocenters. The molecule has 1 fully saturated rings. The van der Waals surface area contributed by atoms with E-state index in [1.54, 1.807) is 36.0 Å². The van der Waals surface area contributed by atoms with Crippen molar-refractivity contribution in [1.82, 2.24) is 14.8 Å². The summed E-state index contributed by atoms with van der Waals surface area (Å²) in [5, 5.41) is 12.6. The highest BCUT2D eigenvalue weighted by Gasteiger charge is 2.30. The van der Waals surface area contributed by atoms with Crippen LogP contribution in [0.5, 0.6) is 0 Å². The maximum atomic E-state index is 12.3. The quantitative estimate of drug-likeness (QED) is 0.407. The molecule has 7 heteroatoms. The Morgan fingerprint density at radius 2 is 1.80 bits per heavy atom. The van der Waals surface area contributed by atoms with Crippen molar-refractivity contribution in [3.8, 4) is 0 Å². The number of hydrogen-bond donors (Lipinski definition) is 1. The number of anilines is 1. The standard InChI is InChI=1S/C23H24N4O2S/c1-16(28)18-9-11-20(12-10-18)24-21(29)13-14-30-23-26-25-22(19-7-8-19)27(23)15-17-5-3-2-4-6-17/h2-6,9-12,19H,7-8,13-15H2,1H3,(H,24,29). The lowest BCUT2D eigenvalue weighted by molar-refractivity contribution is -0.115. The van der Waals surface area contributed by atoms with Crippen molar-refractivity contribution in [2.75, 3.05) is 11.1 Å². The lowest BCUT2D eigenvalue weighted by atomic mass is 10.1. The Balaban J connectivity index is 1.34. The third-order valence-corrected chi connectivity index (χ3v) is 5.98. The first-order valence-corrected chi connectivity index (χ1v) is 11.1. The second-order valence-corrected chi connectivity index (χ2v) is 8.53. The van der Waals surface area contributed by atoms with Crippen LogP contribution in [0.2, 0.25) is 0 Å². The van der Waals surface area contributed by atoms with E-state index < -0.39 is 0 Å². The number of aromatic nitrogens is 3. The van der Waals surface area contributed by atoms with Crippen molar-refractivity contribution in [2.24, 2.45) is 0 Å². The Bertz CT molecular complexity index is 1030. The van der Waals surface area contributed by atoms with Crippen molar-refractivity contribution in [3.63, 3.8) is 0 Å². The molecule has 0 aliphatic heterocycles. The number of carbonyl (C=O) groups is 2. The van der Waals surface area contributed by atoms with Gasteiger partial charge in [-0.25, -0.2) is 0 Å². The van der Waals surface area contributed by atoms with Gasteiger partial charge in [-0.15, -0.1) is 10.2 Å². The van der Waals surface area contributed by atoms with Crippen LogP contribution < -0.4 is 5.32 Å². The Morgan fingerprint density at radius 3 is 2.47 bits per heavy atom. The molecule has 2 aromatic carbocycles. The fourth-order valence-corrected chi connectivity index (χ4v) is 4.09. The number of nitrogens with one attached hydrogen (secondary N) is 1. The van der Waals surface area contributed by atoms with Gasteiger partial charge in [-0.1, -0.05) is 42.1 Å². The lowest BCUT2D eigenvalue weighted by Crippen LogP contribution is -2.12. The highest BCUT2D eigenvalue weighted by Crippen LogP contribution is 2.40. The molecule has 1 aliphatic rings. The van der Waals surface area contributed by atoms with Gasteiger partial charge in [-0.3, -0.25) is 9.59 Å². The second-order valence-electron chi connectivity index (χ2n) is 7.47. The van der Waals surface area contributed by atoms with Crippen LogP contribution in [0.25, 0.3) is 0 Å². The summed E-state index contributed by atoms with van der Waals surface area (Å²) in [6.45, 7) is 2.27. The zero-order valence-corrected chi connectivity index (χ0v) is 17.7. The molecule has 30 heavy (non-hydrogen) atoms. The average Bonchev–Trinajstić information content (AvgIpc) is 3.52. The fourth-order valence-electron chi connectivity index (χ4n) is 3.21. The van der Waals surface area contributed by atoms with E-state index in [4.69, 9.17) is 0 Å². The highest BCUT2D eigenvalue weighted by atomic mass is 32.2. The molecule has 1 saturated carbocycles. The van der Waals surface area contributed by atoms with Gasteiger partial charge in [0.1, 0.15) is 5.82 Å². The molecular formula is C23H24N4O2S. The van der Waals surface area contributed by atoms with E-state index in [1.165, 1.54) is 25.3 Å². The van der Waals surface area contributed by atoms with Crippen LogP contribution in [-0.4, -0.2) is 32.2 Å². The summed E-state index contributed by atoms with van der Waals surface area (Å²) >= 11 is 1.56. The number of hydrogen-bond acceptors (Lipinski definition) is 5. The van der Waals surface area contributed by atoms with Gasteiger partial charge in [0, 0.05) is 29.3 Å². The van der Waals surface area contributed by atoms with Crippen LogP contribution in [0.3, 0.4) is 0 Å². The smallest absolute Gasteiger partial charge is 0.225 e. The molecule has 1 N–H and O–H groups in total. The van der Waals surface area contributed by atoms with Gasteiger partial charge in [-0.2, -0.15) is 0 Å². The van der Waals surface area contributed by atoms with E-state index in [-0.39, 0.29) is 11.7 Å². The molecule has 154 valence electrons. The van der Waals surface area contributed by atoms with Crippen molar-refractivity contribution in [1.29, 1.82) is 0 Å². The number of Topliss-reactive ketones (excluding diaryl/α,β-unsaturated/α-hetero) is 1. The van der Waals surface area contributed by atoms with Crippen LogP contribution in [0.4, 0.5) is 5.69 Å². The van der Waals surface area contributed by atoms with Crippen molar-refractivity contribution in [2.45, 2.75) is 43.8 Å². The Kier molecular flexibility index (Phi) is 6.28. The first-order chi connectivity index (χ1) is 14.6. The van der Waals surface area contributed by atoms with Crippen LogP contribution in [0, 0.1) is 0 Å². The first-order valence-electron chi connectivity index (χ1n) is 10.1. The van der Waals surface area contributed by atoms with E-state index in [2.05, 4.69) is 32.2 Å². The van der Waals surface area contributed by atoms with Gasteiger partial charge < -0.3 is 9.88 Å². The van der Waals surface area contributed by atoms with Gasteiger partial charge in [0.05, 0.1) is 6.54 Å². The SMILES string of the molecule is CC(=O)c1ccc(NC(=O)CCSc2nnc(C3CC3)n2Cc2ccccc2)cc1. The van der Waals surface area contributed by atoms with E-state index in [1.807, 2.05) is 18.2 Å². The molecule has 3 aromatic rings. The van der Waals surface area contributed by atoms with E-state index in [0.717, 1.165) is 17.5 Å². The summed E-state index contributed by atoms with van der Waals surface area (Å²) in [5.74, 6) is 2.13. The maximum absolute atomic E-state index is 12.3. The minimum absolute atomic E-state index is 0.00876.